The highest BCUT2D eigenvalue weighted by Crippen LogP contribution is 2.32. The molecule has 1 saturated carbocycles. The van der Waals surface area contributed by atoms with E-state index >= 15 is 0 Å². The van der Waals surface area contributed by atoms with Gasteiger partial charge in [0.15, 0.2) is 0 Å². The fourth-order valence-corrected chi connectivity index (χ4v) is 3.68. The van der Waals surface area contributed by atoms with E-state index in [0.717, 1.165) is 40.8 Å². The molecule has 0 saturated heterocycles. The quantitative estimate of drug-likeness (QED) is 0.755. The average Bonchev–Trinajstić information content (AvgIpc) is 2.55. The van der Waals surface area contributed by atoms with Gasteiger partial charge in [-0.05, 0) is 54.0 Å². The van der Waals surface area contributed by atoms with Gasteiger partial charge in [0.25, 0.3) is 0 Å². The van der Waals surface area contributed by atoms with Crippen molar-refractivity contribution in [3.63, 3.8) is 0 Å². The molecule has 0 amide bonds. The van der Waals surface area contributed by atoms with E-state index in [2.05, 4.69) is 25.1 Å². The third kappa shape index (κ3) is 4.07. The first-order valence-electron chi connectivity index (χ1n) is 8.86. The third-order valence-electron chi connectivity index (χ3n) is 5.31. The summed E-state index contributed by atoms with van der Waals surface area (Å²) in [4.78, 5) is 0. The fourth-order valence-electron chi connectivity index (χ4n) is 3.68. The molecule has 0 unspecified atom stereocenters. The van der Waals surface area contributed by atoms with Crippen LogP contribution in [0.3, 0.4) is 0 Å². The van der Waals surface area contributed by atoms with Crippen molar-refractivity contribution >= 4 is 11.4 Å². The van der Waals surface area contributed by atoms with E-state index in [1.165, 1.54) is 37.7 Å². The minimum absolute atomic E-state index is 0.783. The normalized spacial score (nSPS) is 21.3. The number of hydrogen-bond acceptors (Lipinski definition) is 2. The van der Waals surface area contributed by atoms with Crippen LogP contribution in [0.25, 0.3) is 11.1 Å². The topological polar surface area (TPSA) is 52.0 Å². The van der Waals surface area contributed by atoms with Crippen molar-refractivity contribution in [2.24, 2.45) is 11.8 Å². The van der Waals surface area contributed by atoms with Gasteiger partial charge in [-0.3, -0.25) is 0 Å². The summed E-state index contributed by atoms with van der Waals surface area (Å²) < 4.78 is 0. The van der Waals surface area contributed by atoms with E-state index in [9.17, 15) is 0 Å². The number of nitrogen functional groups attached to an aromatic ring is 2. The Hall–Kier alpha value is -1.96. The highest BCUT2D eigenvalue weighted by atomic mass is 14.6. The van der Waals surface area contributed by atoms with E-state index in [1.54, 1.807) is 0 Å². The van der Waals surface area contributed by atoms with Gasteiger partial charge >= 0.3 is 0 Å². The van der Waals surface area contributed by atoms with Gasteiger partial charge in [-0.15, -0.1) is 0 Å². The van der Waals surface area contributed by atoms with Crippen LogP contribution in [0.5, 0.6) is 0 Å². The minimum atomic E-state index is 0.783. The second kappa shape index (κ2) is 7.08. The first-order valence-corrected chi connectivity index (χ1v) is 8.86. The number of benzene rings is 2. The molecule has 0 aromatic heterocycles. The van der Waals surface area contributed by atoms with Crippen molar-refractivity contribution in [2.45, 2.75) is 45.4 Å². The Balaban J connectivity index is 1.64. The number of rotatable bonds is 4. The predicted octanol–water partition coefficient (Wildman–Crippen LogP) is 5.28. The molecule has 3 rings (SSSR count). The molecule has 2 nitrogen and oxygen atoms in total. The van der Waals surface area contributed by atoms with Crippen LogP contribution in [0.15, 0.2) is 42.5 Å². The fraction of sp³-hybridized carbons (Fsp3) is 0.429. The molecule has 0 atom stereocenters. The van der Waals surface area contributed by atoms with Gasteiger partial charge < -0.3 is 11.5 Å². The Labute approximate surface area is 139 Å². The number of nitrogens with two attached hydrogens (primary N) is 2. The monoisotopic (exact) mass is 308 g/mol. The minimum Gasteiger partial charge on any atom is -0.399 e. The third-order valence-corrected chi connectivity index (χ3v) is 5.31. The summed E-state index contributed by atoms with van der Waals surface area (Å²) in [5, 5.41) is 0. The summed E-state index contributed by atoms with van der Waals surface area (Å²) in [5.41, 5.74) is 17.3. The lowest BCUT2D eigenvalue weighted by molar-refractivity contribution is 0.278. The molecule has 0 spiro atoms. The zero-order valence-corrected chi connectivity index (χ0v) is 14.1. The summed E-state index contributed by atoms with van der Waals surface area (Å²) in [5.74, 6) is 1.84. The molecule has 23 heavy (non-hydrogen) atoms. The number of hydrogen-bond donors (Lipinski definition) is 2. The first-order chi connectivity index (χ1) is 11.1. The van der Waals surface area contributed by atoms with Crippen molar-refractivity contribution < 1.29 is 0 Å². The average molecular weight is 308 g/mol. The maximum absolute atomic E-state index is 6.29. The van der Waals surface area contributed by atoms with E-state index in [4.69, 9.17) is 11.5 Å². The van der Waals surface area contributed by atoms with E-state index < -0.39 is 0 Å². The van der Waals surface area contributed by atoms with Crippen LogP contribution in [0.2, 0.25) is 0 Å². The molecule has 2 aromatic rings. The lowest BCUT2D eigenvalue weighted by Gasteiger charge is -2.26. The highest BCUT2D eigenvalue weighted by molar-refractivity contribution is 5.77. The zero-order chi connectivity index (χ0) is 16.2. The molecule has 0 heterocycles. The molecule has 1 aliphatic carbocycles. The van der Waals surface area contributed by atoms with Gasteiger partial charge in [-0.1, -0.05) is 56.9 Å². The van der Waals surface area contributed by atoms with E-state index in [0.29, 0.717) is 0 Å². The van der Waals surface area contributed by atoms with Crippen LogP contribution in [-0.4, -0.2) is 0 Å². The van der Waals surface area contributed by atoms with Crippen LogP contribution >= 0.6 is 0 Å². The maximum Gasteiger partial charge on any atom is 0.0396 e. The Kier molecular flexibility index (Phi) is 4.90. The van der Waals surface area contributed by atoms with Crippen molar-refractivity contribution in [1.29, 1.82) is 0 Å². The second-order valence-electron chi connectivity index (χ2n) is 7.21. The van der Waals surface area contributed by atoms with E-state index in [1.807, 2.05) is 24.3 Å². The lowest BCUT2D eigenvalue weighted by Crippen LogP contribution is -2.12. The molecule has 1 fully saturated rings. The molecule has 0 aliphatic heterocycles. The Bertz CT molecular complexity index is 637. The summed E-state index contributed by atoms with van der Waals surface area (Å²) in [6, 6.07) is 14.4. The molecule has 122 valence electrons. The van der Waals surface area contributed by atoms with Crippen molar-refractivity contribution in [3.05, 3.63) is 48.0 Å². The second-order valence-corrected chi connectivity index (χ2v) is 7.21. The smallest absolute Gasteiger partial charge is 0.0396 e. The van der Waals surface area contributed by atoms with E-state index in [-0.39, 0.29) is 0 Å². The van der Waals surface area contributed by atoms with Crippen molar-refractivity contribution in [1.82, 2.24) is 0 Å². The van der Waals surface area contributed by atoms with Crippen LogP contribution in [-0.2, 0) is 6.42 Å². The van der Waals surface area contributed by atoms with Gasteiger partial charge in [0.1, 0.15) is 0 Å². The summed E-state index contributed by atoms with van der Waals surface area (Å²) >= 11 is 0. The SMILES string of the molecule is CC1CCC(CCc2ccc(-c3ccc(N)cc3)c(N)c2)CC1. The standard InChI is InChI=1S/C21H28N2/c1-15-2-4-16(5-3-15)6-7-17-8-13-20(21(23)14-17)18-9-11-19(22)12-10-18/h8-16H,2-7,22-23H2,1H3. The molecule has 0 radical (unpaired) electrons. The highest BCUT2D eigenvalue weighted by Gasteiger charge is 2.17. The molecular formula is C21H28N2. The van der Waals surface area contributed by atoms with Gasteiger partial charge in [0, 0.05) is 16.9 Å². The van der Waals surface area contributed by atoms with Gasteiger partial charge in [-0.25, -0.2) is 0 Å². The first kappa shape index (κ1) is 15.9. The van der Waals surface area contributed by atoms with Crippen LogP contribution in [0.4, 0.5) is 11.4 Å². The van der Waals surface area contributed by atoms with Crippen molar-refractivity contribution in [2.75, 3.05) is 11.5 Å². The Morgan fingerprint density at radius 1 is 0.913 bits per heavy atom. The Morgan fingerprint density at radius 2 is 1.61 bits per heavy atom. The summed E-state index contributed by atoms with van der Waals surface area (Å²) in [6.07, 6.45) is 8.06. The molecule has 0 bridgehead atoms. The van der Waals surface area contributed by atoms with Crippen LogP contribution in [0.1, 0.15) is 44.6 Å². The molecular weight excluding hydrogens is 280 g/mol. The molecule has 1 aliphatic rings. The van der Waals surface area contributed by atoms with Gasteiger partial charge in [-0.2, -0.15) is 0 Å². The van der Waals surface area contributed by atoms with Crippen LogP contribution < -0.4 is 11.5 Å². The lowest BCUT2D eigenvalue weighted by atomic mass is 9.80. The predicted molar refractivity (Wildman–Crippen MR) is 100 cm³/mol. The Morgan fingerprint density at radius 3 is 2.26 bits per heavy atom. The van der Waals surface area contributed by atoms with Crippen molar-refractivity contribution in [3.8, 4) is 11.1 Å². The van der Waals surface area contributed by atoms with Gasteiger partial charge in [0.2, 0.25) is 0 Å². The summed E-state index contributed by atoms with van der Waals surface area (Å²) in [7, 11) is 0. The van der Waals surface area contributed by atoms with Gasteiger partial charge in [0.05, 0.1) is 0 Å². The maximum atomic E-state index is 6.29. The molecule has 2 heteroatoms. The molecule has 4 N–H and O–H groups in total. The molecule has 2 aromatic carbocycles. The number of aryl methyl sites for hydroxylation is 1. The summed E-state index contributed by atoms with van der Waals surface area (Å²) in [6.45, 7) is 2.38. The largest absolute Gasteiger partial charge is 0.399 e. The van der Waals surface area contributed by atoms with Crippen LogP contribution in [0, 0.1) is 11.8 Å². The number of anilines is 2. The zero-order valence-electron chi connectivity index (χ0n) is 14.1.